The number of carbonyl (C=O) groups excluding carboxylic acids is 4. The van der Waals surface area contributed by atoms with Crippen molar-refractivity contribution in [1.82, 2.24) is 10.2 Å². The highest BCUT2D eigenvalue weighted by atomic mass is 16.2. The second-order valence-electron chi connectivity index (χ2n) is 5.12. The predicted octanol–water partition coefficient (Wildman–Crippen LogP) is 0.547. The van der Waals surface area contributed by atoms with Crippen LogP contribution in [-0.4, -0.2) is 35.1 Å². The molecule has 4 amide bonds. The van der Waals surface area contributed by atoms with Gasteiger partial charge in [-0.25, -0.2) is 0 Å². The summed E-state index contributed by atoms with van der Waals surface area (Å²) < 4.78 is 0. The Balaban J connectivity index is 0.000000217. The van der Waals surface area contributed by atoms with Crippen LogP contribution >= 0.6 is 0 Å². The van der Waals surface area contributed by atoms with Crippen molar-refractivity contribution in [3.05, 3.63) is 23.3 Å². The van der Waals surface area contributed by atoms with Crippen LogP contribution in [0.2, 0.25) is 0 Å². The van der Waals surface area contributed by atoms with Crippen molar-refractivity contribution >= 4 is 23.6 Å². The van der Waals surface area contributed by atoms with E-state index in [-0.39, 0.29) is 23.6 Å². The number of nitrogens with zero attached hydrogens (tertiary/aromatic N) is 1. The summed E-state index contributed by atoms with van der Waals surface area (Å²) >= 11 is 0. The first kappa shape index (κ1) is 15.8. The van der Waals surface area contributed by atoms with Crippen molar-refractivity contribution in [3.63, 3.8) is 0 Å². The summed E-state index contributed by atoms with van der Waals surface area (Å²) in [6.45, 7) is 7.74. The van der Waals surface area contributed by atoms with Crippen LogP contribution in [0.5, 0.6) is 0 Å². The Morgan fingerprint density at radius 3 is 1.90 bits per heavy atom. The molecular formula is C14H18N2O4. The topological polar surface area (TPSA) is 83.6 Å². The van der Waals surface area contributed by atoms with Crippen LogP contribution < -0.4 is 5.32 Å². The van der Waals surface area contributed by atoms with E-state index in [4.69, 9.17) is 0 Å². The molecule has 6 heteroatoms. The Morgan fingerprint density at radius 2 is 1.65 bits per heavy atom. The minimum absolute atomic E-state index is 0.145. The highest BCUT2D eigenvalue weighted by molar-refractivity contribution is 6.16. The van der Waals surface area contributed by atoms with Crippen LogP contribution in [0.4, 0.5) is 0 Å². The lowest BCUT2D eigenvalue weighted by Gasteiger charge is -2.16. The van der Waals surface area contributed by atoms with Crippen molar-refractivity contribution in [1.29, 1.82) is 0 Å². The molecule has 2 heterocycles. The molecule has 0 radical (unpaired) electrons. The van der Waals surface area contributed by atoms with Crippen LogP contribution in [0, 0.1) is 5.92 Å². The summed E-state index contributed by atoms with van der Waals surface area (Å²) in [5.41, 5.74) is 1.02. The third kappa shape index (κ3) is 3.88. The molecule has 20 heavy (non-hydrogen) atoms. The molecule has 6 nitrogen and oxygen atoms in total. The molecule has 0 saturated heterocycles. The smallest absolute Gasteiger partial charge is 0.256 e. The van der Waals surface area contributed by atoms with Crippen LogP contribution in [-0.2, 0) is 19.2 Å². The lowest BCUT2D eigenvalue weighted by atomic mass is 10.2. The van der Waals surface area contributed by atoms with Gasteiger partial charge in [-0.15, -0.1) is 0 Å². The zero-order chi connectivity index (χ0) is 15.4. The second-order valence-corrected chi connectivity index (χ2v) is 5.12. The van der Waals surface area contributed by atoms with Gasteiger partial charge in [0.05, 0.1) is 0 Å². The molecule has 0 unspecified atom stereocenters. The molecule has 0 spiro atoms. The van der Waals surface area contributed by atoms with Gasteiger partial charge < -0.3 is 0 Å². The van der Waals surface area contributed by atoms with Gasteiger partial charge in [0.1, 0.15) is 0 Å². The number of imide groups is 2. The summed E-state index contributed by atoms with van der Waals surface area (Å²) in [5.74, 6) is -0.584. The first-order valence-corrected chi connectivity index (χ1v) is 6.30. The zero-order valence-electron chi connectivity index (χ0n) is 12.0. The van der Waals surface area contributed by atoms with Gasteiger partial charge in [-0.1, -0.05) is 13.8 Å². The number of amides is 4. The molecule has 0 atom stereocenters. The molecule has 0 fully saturated rings. The number of hydrogen-bond donors (Lipinski definition) is 1. The van der Waals surface area contributed by atoms with Gasteiger partial charge >= 0.3 is 0 Å². The SMILES string of the molecule is CC1=CC(=O)N(CC(C)C)C1=O.CC1=CC(=O)NC1=O. The standard InChI is InChI=1S/C9H13NO2.C5H5NO2/c1-6(2)5-10-8(11)4-7(3)9(10)12;1-3-2-4(7)6-5(3)8/h4,6H,5H2,1-3H3;2H,1H3,(H,6,7,8). The maximum absolute atomic E-state index is 11.3. The minimum Gasteiger partial charge on any atom is -0.289 e. The van der Waals surface area contributed by atoms with Gasteiger partial charge in [-0.05, 0) is 19.8 Å². The molecule has 2 aliphatic rings. The highest BCUT2D eigenvalue weighted by Gasteiger charge is 2.28. The van der Waals surface area contributed by atoms with Crippen LogP contribution in [0.1, 0.15) is 27.7 Å². The molecule has 0 aromatic heterocycles. The number of hydrogen-bond acceptors (Lipinski definition) is 4. The van der Waals surface area contributed by atoms with E-state index in [1.165, 1.54) is 17.1 Å². The minimum atomic E-state index is -0.312. The van der Waals surface area contributed by atoms with Crippen molar-refractivity contribution in [3.8, 4) is 0 Å². The largest absolute Gasteiger partial charge is 0.289 e. The Labute approximate surface area is 117 Å². The van der Waals surface area contributed by atoms with E-state index in [0.717, 1.165) is 0 Å². The summed E-state index contributed by atoms with van der Waals surface area (Å²) in [5, 5.41) is 2.10. The van der Waals surface area contributed by atoms with E-state index < -0.39 is 0 Å². The molecule has 0 aromatic carbocycles. The molecule has 0 aliphatic carbocycles. The molecular weight excluding hydrogens is 260 g/mol. The predicted molar refractivity (Wildman–Crippen MR) is 72.2 cm³/mol. The second kappa shape index (κ2) is 6.27. The Bertz CT molecular complexity index is 529. The van der Waals surface area contributed by atoms with Gasteiger partial charge in [0.2, 0.25) is 0 Å². The highest BCUT2D eigenvalue weighted by Crippen LogP contribution is 2.13. The number of rotatable bonds is 2. The number of carbonyl (C=O) groups is 4. The van der Waals surface area contributed by atoms with Crippen molar-refractivity contribution in [2.45, 2.75) is 27.7 Å². The maximum atomic E-state index is 11.3. The third-order valence-corrected chi connectivity index (χ3v) is 2.68. The maximum Gasteiger partial charge on any atom is 0.256 e. The van der Waals surface area contributed by atoms with Gasteiger partial charge in [0, 0.05) is 29.8 Å². The summed E-state index contributed by atoms with van der Waals surface area (Å²) in [7, 11) is 0. The van der Waals surface area contributed by atoms with E-state index in [1.807, 2.05) is 13.8 Å². The van der Waals surface area contributed by atoms with E-state index in [9.17, 15) is 19.2 Å². The van der Waals surface area contributed by atoms with Gasteiger partial charge in [-0.2, -0.15) is 0 Å². The molecule has 108 valence electrons. The van der Waals surface area contributed by atoms with Gasteiger partial charge in [-0.3, -0.25) is 29.4 Å². The third-order valence-electron chi connectivity index (χ3n) is 2.68. The lowest BCUT2D eigenvalue weighted by molar-refractivity contribution is -0.137. The summed E-state index contributed by atoms with van der Waals surface area (Å²) in [6, 6.07) is 0. The van der Waals surface area contributed by atoms with Gasteiger partial charge in [0.15, 0.2) is 0 Å². The van der Waals surface area contributed by atoms with Crippen molar-refractivity contribution in [2.75, 3.05) is 6.54 Å². The normalized spacial score (nSPS) is 17.9. The Hall–Kier alpha value is -2.24. The Morgan fingerprint density at radius 1 is 1.05 bits per heavy atom. The quantitative estimate of drug-likeness (QED) is 0.747. The monoisotopic (exact) mass is 278 g/mol. The van der Waals surface area contributed by atoms with E-state index in [2.05, 4.69) is 5.32 Å². The van der Waals surface area contributed by atoms with Crippen molar-refractivity contribution in [2.24, 2.45) is 5.92 Å². The number of nitrogens with one attached hydrogen (secondary N) is 1. The molecule has 0 aromatic rings. The van der Waals surface area contributed by atoms with E-state index >= 15 is 0 Å². The molecule has 2 rings (SSSR count). The average Bonchev–Trinajstić information content (AvgIpc) is 2.73. The first-order valence-electron chi connectivity index (χ1n) is 6.30. The van der Waals surface area contributed by atoms with E-state index in [0.29, 0.717) is 23.6 Å². The average molecular weight is 278 g/mol. The summed E-state index contributed by atoms with van der Waals surface area (Å²) in [4.78, 5) is 44.4. The Kier molecular flexibility index (Phi) is 4.96. The molecule has 2 aliphatic heterocycles. The molecule has 0 saturated carbocycles. The first-order chi connectivity index (χ1) is 9.22. The fourth-order valence-corrected chi connectivity index (χ4v) is 1.68. The van der Waals surface area contributed by atoms with Crippen LogP contribution in [0.3, 0.4) is 0 Å². The molecule has 0 bridgehead atoms. The van der Waals surface area contributed by atoms with E-state index in [1.54, 1.807) is 13.8 Å². The van der Waals surface area contributed by atoms with Gasteiger partial charge in [0.25, 0.3) is 23.6 Å². The zero-order valence-corrected chi connectivity index (χ0v) is 12.0. The fourth-order valence-electron chi connectivity index (χ4n) is 1.68. The molecule has 1 N–H and O–H groups in total. The lowest BCUT2D eigenvalue weighted by Crippen LogP contribution is -2.34. The van der Waals surface area contributed by atoms with Crippen LogP contribution in [0.15, 0.2) is 23.3 Å². The van der Waals surface area contributed by atoms with Crippen LogP contribution in [0.25, 0.3) is 0 Å². The van der Waals surface area contributed by atoms with Crippen molar-refractivity contribution < 1.29 is 19.2 Å². The fraction of sp³-hybridized carbons (Fsp3) is 0.429. The summed E-state index contributed by atoms with van der Waals surface area (Å²) in [6.07, 6.45) is 2.67.